The van der Waals surface area contributed by atoms with Gasteiger partial charge in [0, 0.05) is 5.41 Å². The molecule has 0 unspecified atom stereocenters. The molecule has 0 amide bonds. The van der Waals surface area contributed by atoms with Gasteiger partial charge in [-0.3, -0.25) is 0 Å². The first-order valence-electron chi connectivity index (χ1n) is 9.72. The number of aryl methyl sites for hydroxylation is 2. The maximum atomic E-state index is 12.6. The third kappa shape index (κ3) is 5.59. The Hall–Kier alpha value is -2.33. The first-order chi connectivity index (χ1) is 13.3. The summed E-state index contributed by atoms with van der Waals surface area (Å²) < 4.78 is 30.9. The molecule has 0 bridgehead atoms. The molecule has 2 aromatic rings. The van der Waals surface area contributed by atoms with E-state index in [0.717, 1.165) is 31.2 Å². The second-order valence-corrected chi connectivity index (χ2v) is 9.55. The third-order valence-corrected chi connectivity index (χ3v) is 6.55. The lowest BCUT2D eigenvalue weighted by Gasteiger charge is -2.19. The lowest BCUT2D eigenvalue weighted by molar-refractivity contribution is 0.306. The molecule has 1 aliphatic carbocycles. The normalized spacial score (nSPS) is 15.9. The van der Waals surface area contributed by atoms with Crippen LogP contribution in [-0.2, 0) is 16.4 Å². The molecule has 0 saturated heterocycles. The van der Waals surface area contributed by atoms with Crippen LogP contribution in [0, 0.1) is 19.8 Å². The second-order valence-electron chi connectivity index (χ2n) is 7.72. The van der Waals surface area contributed by atoms with Gasteiger partial charge in [0.1, 0.15) is 12.4 Å². The predicted molar refractivity (Wildman–Crippen MR) is 114 cm³/mol. The van der Waals surface area contributed by atoms with Crippen LogP contribution in [0.5, 0.6) is 5.75 Å². The molecule has 0 spiro atoms. The number of hydrogen-bond donors (Lipinski definition) is 0. The van der Waals surface area contributed by atoms with E-state index >= 15 is 0 Å². The zero-order chi connectivity index (χ0) is 20.1. The number of hydrogen-bond acceptors (Lipinski definition) is 3. The molecule has 0 aromatic heterocycles. The van der Waals surface area contributed by atoms with E-state index in [1.165, 1.54) is 22.1 Å². The van der Waals surface area contributed by atoms with Crippen LogP contribution >= 0.6 is 0 Å². The summed E-state index contributed by atoms with van der Waals surface area (Å²) in [4.78, 5) is 0.294. The number of rotatable bonds is 6. The van der Waals surface area contributed by atoms with Gasteiger partial charge in [0.2, 0.25) is 0 Å². The molecule has 2 aromatic carbocycles. The van der Waals surface area contributed by atoms with Crippen LogP contribution < -0.4 is 4.74 Å². The third-order valence-electron chi connectivity index (χ3n) is 5.11. The Morgan fingerprint density at radius 1 is 1.04 bits per heavy atom. The van der Waals surface area contributed by atoms with E-state index in [1.807, 2.05) is 6.08 Å². The molecule has 28 heavy (non-hydrogen) atoms. The summed E-state index contributed by atoms with van der Waals surface area (Å²) in [5.41, 5.74) is 4.78. The summed E-state index contributed by atoms with van der Waals surface area (Å²) in [7, 11) is -3.43. The van der Waals surface area contributed by atoms with Gasteiger partial charge in [0.05, 0.1) is 4.90 Å². The molecular formula is C24H28O3S. The van der Waals surface area contributed by atoms with Crippen LogP contribution in [0.2, 0.25) is 0 Å². The van der Waals surface area contributed by atoms with Crippen molar-refractivity contribution in [2.45, 2.75) is 51.0 Å². The number of sulfone groups is 1. The van der Waals surface area contributed by atoms with Crippen LogP contribution in [-0.4, -0.2) is 8.42 Å². The summed E-state index contributed by atoms with van der Waals surface area (Å²) >= 11 is 0. The van der Waals surface area contributed by atoms with E-state index in [-0.39, 0.29) is 0 Å². The molecule has 0 heterocycles. The van der Waals surface area contributed by atoms with Crippen molar-refractivity contribution in [3.05, 3.63) is 82.8 Å². The largest absolute Gasteiger partial charge is 0.489 e. The van der Waals surface area contributed by atoms with Crippen molar-refractivity contribution in [2.24, 2.45) is 5.92 Å². The SMILES string of the molecule is C=C1CCC(/C=C/S(=O)(=O)c2ccc(OCc3cc(C)cc(C)c3)cc2)CC1. The average molecular weight is 397 g/mol. The van der Waals surface area contributed by atoms with Crippen molar-refractivity contribution in [1.82, 2.24) is 0 Å². The second kappa shape index (κ2) is 8.78. The van der Waals surface area contributed by atoms with E-state index in [0.29, 0.717) is 23.2 Å². The van der Waals surface area contributed by atoms with Gasteiger partial charge in [-0.1, -0.05) is 47.6 Å². The summed E-state index contributed by atoms with van der Waals surface area (Å²) in [6.45, 7) is 8.59. The molecule has 0 aliphatic heterocycles. The van der Waals surface area contributed by atoms with Crippen LogP contribution in [0.25, 0.3) is 0 Å². The lowest BCUT2D eigenvalue weighted by Crippen LogP contribution is -2.06. The van der Waals surface area contributed by atoms with E-state index in [1.54, 1.807) is 24.3 Å². The zero-order valence-electron chi connectivity index (χ0n) is 16.6. The van der Waals surface area contributed by atoms with Crippen molar-refractivity contribution in [1.29, 1.82) is 0 Å². The fourth-order valence-electron chi connectivity index (χ4n) is 3.58. The van der Waals surface area contributed by atoms with Gasteiger partial charge >= 0.3 is 0 Å². The fourth-order valence-corrected chi connectivity index (χ4v) is 4.68. The quantitative estimate of drug-likeness (QED) is 0.570. The summed E-state index contributed by atoms with van der Waals surface area (Å²) in [6.07, 6.45) is 5.78. The van der Waals surface area contributed by atoms with Gasteiger partial charge in [0.25, 0.3) is 0 Å². The highest BCUT2D eigenvalue weighted by Gasteiger charge is 2.15. The minimum Gasteiger partial charge on any atom is -0.489 e. The molecular weight excluding hydrogens is 368 g/mol. The Balaban J connectivity index is 1.61. The zero-order valence-corrected chi connectivity index (χ0v) is 17.5. The highest BCUT2D eigenvalue weighted by atomic mass is 32.2. The molecule has 0 atom stereocenters. The van der Waals surface area contributed by atoms with Crippen molar-refractivity contribution in [3.8, 4) is 5.75 Å². The Kier molecular flexibility index (Phi) is 6.40. The maximum Gasteiger partial charge on any atom is 0.199 e. The first kappa shape index (κ1) is 20.4. The van der Waals surface area contributed by atoms with Gasteiger partial charge in [-0.05, 0) is 75.3 Å². The van der Waals surface area contributed by atoms with E-state index in [2.05, 4.69) is 38.6 Å². The van der Waals surface area contributed by atoms with Crippen LogP contribution in [0.15, 0.2) is 71.0 Å². The highest BCUT2D eigenvalue weighted by molar-refractivity contribution is 7.94. The molecule has 1 fully saturated rings. The van der Waals surface area contributed by atoms with Crippen LogP contribution in [0.3, 0.4) is 0 Å². The first-order valence-corrected chi connectivity index (χ1v) is 11.3. The fraction of sp³-hybridized carbons (Fsp3) is 0.333. The van der Waals surface area contributed by atoms with Crippen molar-refractivity contribution >= 4 is 9.84 Å². The molecule has 1 saturated carbocycles. The summed E-state index contributed by atoms with van der Waals surface area (Å²) in [6, 6.07) is 13.0. The van der Waals surface area contributed by atoms with Gasteiger partial charge in [0.15, 0.2) is 9.84 Å². The van der Waals surface area contributed by atoms with Gasteiger partial charge in [-0.2, -0.15) is 0 Å². The molecule has 0 radical (unpaired) electrons. The van der Waals surface area contributed by atoms with Gasteiger partial charge in [-0.25, -0.2) is 8.42 Å². The molecule has 0 N–H and O–H groups in total. The van der Waals surface area contributed by atoms with E-state index < -0.39 is 9.84 Å². The summed E-state index contributed by atoms with van der Waals surface area (Å²) in [5.74, 6) is 0.980. The minimum absolute atomic E-state index is 0.294. The topological polar surface area (TPSA) is 43.4 Å². The monoisotopic (exact) mass is 396 g/mol. The average Bonchev–Trinajstić information content (AvgIpc) is 2.66. The van der Waals surface area contributed by atoms with Crippen molar-refractivity contribution in [2.75, 3.05) is 0 Å². The number of allylic oxidation sites excluding steroid dienone is 2. The Bertz CT molecular complexity index is 939. The van der Waals surface area contributed by atoms with E-state index in [4.69, 9.17) is 4.74 Å². The van der Waals surface area contributed by atoms with Gasteiger partial charge < -0.3 is 4.74 Å². The minimum atomic E-state index is -3.43. The number of ether oxygens (including phenoxy) is 1. The van der Waals surface area contributed by atoms with Crippen molar-refractivity contribution in [3.63, 3.8) is 0 Å². The standard InChI is InChI=1S/C24H28O3S/c1-18-4-6-21(7-5-18)12-13-28(25,26)24-10-8-23(9-11-24)27-17-22-15-19(2)14-20(3)16-22/h8-16,21H,1,4-7,17H2,2-3H3/b13-12+. The van der Waals surface area contributed by atoms with E-state index in [9.17, 15) is 8.42 Å². The number of benzene rings is 2. The smallest absolute Gasteiger partial charge is 0.199 e. The molecule has 4 heteroatoms. The van der Waals surface area contributed by atoms with Crippen LogP contribution in [0.1, 0.15) is 42.4 Å². The Labute approximate surface area is 168 Å². The predicted octanol–water partition coefficient (Wildman–Crippen LogP) is 5.92. The lowest BCUT2D eigenvalue weighted by atomic mass is 9.87. The van der Waals surface area contributed by atoms with Gasteiger partial charge in [-0.15, -0.1) is 0 Å². The maximum absolute atomic E-state index is 12.6. The Morgan fingerprint density at radius 2 is 1.64 bits per heavy atom. The molecule has 3 rings (SSSR count). The summed E-state index contributed by atoms with van der Waals surface area (Å²) in [5, 5.41) is 1.36. The Morgan fingerprint density at radius 3 is 2.25 bits per heavy atom. The van der Waals surface area contributed by atoms with Crippen LogP contribution in [0.4, 0.5) is 0 Å². The van der Waals surface area contributed by atoms with Crippen molar-refractivity contribution < 1.29 is 13.2 Å². The molecule has 148 valence electrons. The molecule has 3 nitrogen and oxygen atoms in total. The molecule has 1 aliphatic rings. The highest BCUT2D eigenvalue weighted by Crippen LogP contribution is 2.28.